The Kier molecular flexibility index (Phi) is 7.64. The van der Waals surface area contributed by atoms with Gasteiger partial charge in [-0.3, -0.25) is 14.5 Å². The molecule has 3 unspecified atom stereocenters. The average Bonchev–Trinajstić information content (AvgIpc) is 3.17. The van der Waals surface area contributed by atoms with Crippen LogP contribution in [0.3, 0.4) is 0 Å². The molecule has 2 amide bonds. The highest BCUT2D eigenvalue weighted by Crippen LogP contribution is 2.42. The van der Waals surface area contributed by atoms with E-state index in [9.17, 15) is 9.59 Å². The number of amides is 2. The Hall–Kier alpha value is -2.48. The number of nitrogens with zero attached hydrogens (tertiary/aromatic N) is 2. The summed E-state index contributed by atoms with van der Waals surface area (Å²) in [4.78, 5) is 29.5. The summed E-state index contributed by atoms with van der Waals surface area (Å²) in [5.41, 5.74) is 0.630. The van der Waals surface area contributed by atoms with Crippen LogP contribution in [0.15, 0.2) is 12.1 Å². The third kappa shape index (κ3) is 5.23. The van der Waals surface area contributed by atoms with Crippen molar-refractivity contribution in [1.82, 2.24) is 10.2 Å². The highest BCUT2D eigenvalue weighted by atomic mass is 16.5. The first-order valence-electron chi connectivity index (χ1n) is 11.0. The summed E-state index contributed by atoms with van der Waals surface area (Å²) in [6.07, 6.45) is 2.68. The van der Waals surface area contributed by atoms with E-state index in [1.807, 2.05) is 0 Å². The van der Waals surface area contributed by atoms with Gasteiger partial charge in [0.1, 0.15) is 0 Å². The number of nitrogens with one attached hydrogen (secondary N) is 1. The lowest BCUT2D eigenvalue weighted by molar-refractivity contribution is -0.126. The van der Waals surface area contributed by atoms with Crippen molar-refractivity contribution in [3.05, 3.63) is 12.1 Å². The van der Waals surface area contributed by atoms with Gasteiger partial charge in [-0.15, -0.1) is 0 Å². The highest BCUT2D eigenvalue weighted by Gasteiger charge is 2.36. The minimum absolute atomic E-state index is 0.0693. The van der Waals surface area contributed by atoms with Crippen LogP contribution in [-0.2, 0) is 9.59 Å². The Balaban J connectivity index is 1.62. The molecule has 31 heavy (non-hydrogen) atoms. The Morgan fingerprint density at radius 2 is 1.84 bits per heavy atom. The first-order chi connectivity index (χ1) is 14.9. The number of likely N-dealkylation sites (tertiary alicyclic amines) is 1. The Morgan fingerprint density at radius 3 is 2.42 bits per heavy atom. The van der Waals surface area contributed by atoms with E-state index in [1.54, 1.807) is 17.0 Å². The SMILES string of the molecule is COc1cc(N2CC(C(=O)NCC(C)N3CCCC(C)C3)CC2=O)cc(OC)c1OC. The van der Waals surface area contributed by atoms with E-state index in [-0.39, 0.29) is 30.2 Å². The first kappa shape index (κ1) is 23.2. The van der Waals surface area contributed by atoms with E-state index in [1.165, 1.54) is 34.2 Å². The fourth-order valence-electron chi connectivity index (χ4n) is 4.50. The van der Waals surface area contributed by atoms with Gasteiger partial charge in [-0.25, -0.2) is 0 Å². The van der Waals surface area contributed by atoms with Crippen molar-refractivity contribution in [2.75, 3.05) is 52.4 Å². The van der Waals surface area contributed by atoms with Gasteiger partial charge in [0.2, 0.25) is 17.6 Å². The summed E-state index contributed by atoms with van der Waals surface area (Å²) >= 11 is 0. The zero-order valence-corrected chi connectivity index (χ0v) is 19.3. The molecule has 1 aromatic rings. The summed E-state index contributed by atoms with van der Waals surface area (Å²) in [7, 11) is 4.60. The zero-order chi connectivity index (χ0) is 22.5. The molecular weight excluding hydrogens is 398 g/mol. The third-order valence-electron chi connectivity index (χ3n) is 6.34. The van der Waals surface area contributed by atoms with E-state index in [2.05, 4.69) is 24.1 Å². The molecule has 0 aliphatic carbocycles. The van der Waals surface area contributed by atoms with Crippen molar-refractivity contribution in [3.63, 3.8) is 0 Å². The van der Waals surface area contributed by atoms with E-state index in [0.29, 0.717) is 41.9 Å². The second-order valence-electron chi connectivity index (χ2n) is 8.63. The van der Waals surface area contributed by atoms with Gasteiger partial charge in [0.25, 0.3) is 0 Å². The summed E-state index contributed by atoms with van der Waals surface area (Å²) < 4.78 is 16.1. The molecule has 8 nitrogen and oxygen atoms in total. The third-order valence-corrected chi connectivity index (χ3v) is 6.34. The molecule has 0 aromatic heterocycles. The lowest BCUT2D eigenvalue weighted by atomic mass is 9.99. The second kappa shape index (κ2) is 10.2. The molecule has 0 radical (unpaired) electrons. The minimum Gasteiger partial charge on any atom is -0.493 e. The molecule has 2 heterocycles. The van der Waals surface area contributed by atoms with Crippen LogP contribution < -0.4 is 24.4 Å². The molecule has 2 aliphatic rings. The maximum atomic E-state index is 12.8. The number of ether oxygens (including phenoxy) is 3. The van der Waals surface area contributed by atoms with Crippen LogP contribution >= 0.6 is 0 Å². The zero-order valence-electron chi connectivity index (χ0n) is 19.3. The van der Waals surface area contributed by atoms with Crippen molar-refractivity contribution >= 4 is 17.5 Å². The van der Waals surface area contributed by atoms with Crippen LogP contribution in [0.4, 0.5) is 5.69 Å². The van der Waals surface area contributed by atoms with Crippen molar-refractivity contribution in [2.24, 2.45) is 11.8 Å². The number of benzene rings is 1. The molecule has 2 fully saturated rings. The lowest BCUT2D eigenvalue weighted by Crippen LogP contribution is -2.47. The average molecular weight is 434 g/mol. The topological polar surface area (TPSA) is 80.3 Å². The molecule has 3 rings (SSSR count). The molecule has 0 saturated carbocycles. The molecule has 2 saturated heterocycles. The van der Waals surface area contributed by atoms with Gasteiger partial charge in [-0.1, -0.05) is 6.92 Å². The van der Waals surface area contributed by atoms with Gasteiger partial charge in [-0.2, -0.15) is 0 Å². The summed E-state index contributed by atoms with van der Waals surface area (Å²) in [5.74, 6) is 1.58. The summed E-state index contributed by atoms with van der Waals surface area (Å²) in [5, 5.41) is 3.06. The van der Waals surface area contributed by atoms with Gasteiger partial charge < -0.3 is 24.4 Å². The Labute approximate surface area is 184 Å². The van der Waals surface area contributed by atoms with Crippen LogP contribution in [-0.4, -0.2) is 70.3 Å². The van der Waals surface area contributed by atoms with E-state index < -0.39 is 0 Å². The molecule has 1 N–H and O–H groups in total. The van der Waals surface area contributed by atoms with Gasteiger partial charge in [0.05, 0.1) is 32.9 Å². The molecule has 172 valence electrons. The smallest absolute Gasteiger partial charge is 0.227 e. The maximum Gasteiger partial charge on any atom is 0.227 e. The Morgan fingerprint density at radius 1 is 1.16 bits per heavy atom. The Bertz CT molecular complexity index is 774. The molecule has 8 heteroatoms. The van der Waals surface area contributed by atoms with Crippen molar-refractivity contribution < 1.29 is 23.8 Å². The van der Waals surface area contributed by atoms with Gasteiger partial charge in [0, 0.05) is 44.2 Å². The molecule has 1 aromatic carbocycles. The van der Waals surface area contributed by atoms with Crippen LogP contribution in [0, 0.1) is 11.8 Å². The maximum absolute atomic E-state index is 12.8. The van der Waals surface area contributed by atoms with Gasteiger partial charge >= 0.3 is 0 Å². The number of hydrogen-bond acceptors (Lipinski definition) is 6. The van der Waals surface area contributed by atoms with Crippen LogP contribution in [0.1, 0.15) is 33.1 Å². The number of carbonyl (C=O) groups is 2. The molecule has 2 aliphatic heterocycles. The quantitative estimate of drug-likeness (QED) is 0.678. The van der Waals surface area contributed by atoms with Crippen molar-refractivity contribution in [3.8, 4) is 17.2 Å². The van der Waals surface area contributed by atoms with Gasteiger partial charge in [0.15, 0.2) is 11.5 Å². The van der Waals surface area contributed by atoms with E-state index in [4.69, 9.17) is 14.2 Å². The minimum atomic E-state index is -0.376. The van der Waals surface area contributed by atoms with Crippen molar-refractivity contribution in [1.29, 1.82) is 0 Å². The molecule has 0 bridgehead atoms. The summed E-state index contributed by atoms with van der Waals surface area (Å²) in [6.45, 7) is 7.52. The molecule has 3 atom stereocenters. The predicted molar refractivity (Wildman–Crippen MR) is 119 cm³/mol. The largest absolute Gasteiger partial charge is 0.493 e. The fourth-order valence-corrected chi connectivity index (χ4v) is 4.50. The number of carbonyl (C=O) groups excluding carboxylic acids is 2. The number of hydrogen-bond donors (Lipinski definition) is 1. The highest BCUT2D eigenvalue weighted by molar-refractivity contribution is 6.00. The van der Waals surface area contributed by atoms with Gasteiger partial charge in [-0.05, 0) is 32.2 Å². The normalized spacial score (nSPS) is 22.9. The number of anilines is 1. The van der Waals surface area contributed by atoms with E-state index >= 15 is 0 Å². The van der Waals surface area contributed by atoms with Crippen LogP contribution in [0.25, 0.3) is 0 Å². The molecular formula is C23H35N3O5. The lowest BCUT2D eigenvalue weighted by Gasteiger charge is -2.35. The number of piperidine rings is 1. The number of methoxy groups -OCH3 is 3. The standard InChI is InChI=1S/C23H35N3O5/c1-15-7-6-8-25(13-15)16(2)12-24-23(28)17-9-21(27)26(14-17)18-10-19(29-3)22(31-5)20(11-18)30-4/h10-11,15-17H,6-9,12-14H2,1-5H3,(H,24,28). The summed E-state index contributed by atoms with van der Waals surface area (Å²) in [6, 6.07) is 3.76. The number of rotatable bonds is 8. The van der Waals surface area contributed by atoms with Crippen LogP contribution in [0.5, 0.6) is 17.2 Å². The monoisotopic (exact) mass is 433 g/mol. The van der Waals surface area contributed by atoms with E-state index in [0.717, 1.165) is 13.1 Å². The second-order valence-corrected chi connectivity index (χ2v) is 8.63. The molecule has 0 spiro atoms. The van der Waals surface area contributed by atoms with Crippen LogP contribution in [0.2, 0.25) is 0 Å². The first-order valence-corrected chi connectivity index (χ1v) is 11.0. The fraction of sp³-hybridized carbons (Fsp3) is 0.652. The van der Waals surface area contributed by atoms with Crippen molar-refractivity contribution in [2.45, 2.75) is 39.2 Å². The predicted octanol–water partition coefficient (Wildman–Crippen LogP) is 2.30.